The Morgan fingerprint density at radius 1 is 1.05 bits per heavy atom. The Morgan fingerprint density at radius 3 is 2.35 bits per heavy atom. The molecule has 4 fully saturated rings. The van der Waals surface area contributed by atoms with E-state index in [0.717, 1.165) is 41.8 Å². The van der Waals surface area contributed by atoms with Gasteiger partial charge in [-0.2, -0.15) is 0 Å². The molecule has 0 aliphatic heterocycles. The van der Waals surface area contributed by atoms with Crippen molar-refractivity contribution in [2.24, 2.45) is 29.6 Å². The minimum Gasteiger partial charge on any atom is -0.312 e. The van der Waals surface area contributed by atoms with Gasteiger partial charge in [-0.25, -0.2) is 0 Å². The molecule has 1 aromatic rings. The van der Waals surface area contributed by atoms with Crippen molar-refractivity contribution < 1.29 is 0 Å². The van der Waals surface area contributed by atoms with Crippen molar-refractivity contribution in [2.75, 3.05) is 6.54 Å². The summed E-state index contributed by atoms with van der Waals surface area (Å²) in [6.45, 7) is 4.25. The molecule has 4 aliphatic rings. The summed E-state index contributed by atoms with van der Waals surface area (Å²) < 4.78 is 0. The van der Waals surface area contributed by atoms with Crippen molar-refractivity contribution in [1.82, 2.24) is 10.3 Å². The molecule has 0 unspecified atom stereocenters. The number of aromatic nitrogens is 1. The highest BCUT2D eigenvalue weighted by molar-refractivity contribution is 5.12. The van der Waals surface area contributed by atoms with Crippen LogP contribution < -0.4 is 5.32 Å². The molecule has 0 atom stereocenters. The fourth-order valence-corrected chi connectivity index (χ4v) is 5.36. The van der Waals surface area contributed by atoms with E-state index in [0.29, 0.717) is 0 Å². The molecule has 0 radical (unpaired) electrons. The first-order valence-corrected chi connectivity index (χ1v) is 8.40. The first-order chi connectivity index (χ1) is 9.78. The van der Waals surface area contributed by atoms with Gasteiger partial charge < -0.3 is 5.32 Å². The average Bonchev–Trinajstić information content (AvgIpc) is 2.43. The van der Waals surface area contributed by atoms with Gasteiger partial charge in [-0.1, -0.05) is 6.07 Å². The molecule has 2 nitrogen and oxygen atoms in total. The van der Waals surface area contributed by atoms with Crippen molar-refractivity contribution in [3.63, 3.8) is 0 Å². The molecule has 0 spiro atoms. The summed E-state index contributed by atoms with van der Waals surface area (Å²) in [5.41, 5.74) is 2.43. The summed E-state index contributed by atoms with van der Waals surface area (Å²) in [5.74, 6) is 5.22. The van der Waals surface area contributed by atoms with E-state index < -0.39 is 0 Å². The Labute approximate surface area is 122 Å². The van der Waals surface area contributed by atoms with Crippen LogP contribution in [0, 0.1) is 36.5 Å². The molecule has 0 aromatic carbocycles. The second-order valence-electron chi connectivity index (χ2n) is 7.53. The van der Waals surface area contributed by atoms with Crippen LogP contribution in [0.2, 0.25) is 0 Å². The minimum atomic E-state index is 0.959. The van der Waals surface area contributed by atoms with Crippen molar-refractivity contribution in [3.8, 4) is 0 Å². The second kappa shape index (κ2) is 5.14. The van der Waals surface area contributed by atoms with Crippen LogP contribution in [0.5, 0.6) is 0 Å². The number of nitrogens with one attached hydrogen (secondary N) is 1. The second-order valence-corrected chi connectivity index (χ2v) is 7.53. The number of nitrogens with zero attached hydrogens (tertiary/aromatic N) is 1. The monoisotopic (exact) mass is 270 g/mol. The van der Waals surface area contributed by atoms with Crippen LogP contribution in [0.1, 0.15) is 43.4 Å². The standard InChI is InChI=1S/C18H26N2/c1-12-2-3-13(10-20-12)9-19-11-18-16-5-14-4-15(7-16)8-17(18)6-14/h2-3,10,14-19H,4-9,11H2,1H3. The lowest BCUT2D eigenvalue weighted by molar-refractivity contribution is -0.0355. The highest BCUT2D eigenvalue weighted by atomic mass is 14.9. The molecule has 1 aromatic heterocycles. The summed E-state index contributed by atoms with van der Waals surface area (Å²) in [6, 6.07) is 4.31. The molecule has 108 valence electrons. The van der Waals surface area contributed by atoms with E-state index in [2.05, 4.69) is 22.4 Å². The summed E-state index contributed by atoms with van der Waals surface area (Å²) in [4.78, 5) is 4.38. The quantitative estimate of drug-likeness (QED) is 0.905. The van der Waals surface area contributed by atoms with Gasteiger partial charge in [-0.05, 0) is 86.8 Å². The number of pyridine rings is 1. The van der Waals surface area contributed by atoms with Gasteiger partial charge in [-0.3, -0.25) is 4.98 Å². The number of hydrogen-bond donors (Lipinski definition) is 1. The fraction of sp³-hybridized carbons (Fsp3) is 0.722. The molecule has 0 saturated heterocycles. The molecule has 4 aliphatic carbocycles. The summed E-state index contributed by atoms with van der Waals surface area (Å²) in [7, 11) is 0. The van der Waals surface area contributed by atoms with Gasteiger partial charge in [0.2, 0.25) is 0 Å². The summed E-state index contributed by atoms with van der Waals surface area (Å²) >= 11 is 0. The number of aryl methyl sites for hydroxylation is 1. The third-order valence-electron chi connectivity index (χ3n) is 6.10. The van der Waals surface area contributed by atoms with E-state index in [1.165, 1.54) is 37.8 Å². The van der Waals surface area contributed by atoms with Gasteiger partial charge in [0.1, 0.15) is 0 Å². The Balaban J connectivity index is 1.32. The van der Waals surface area contributed by atoms with E-state index in [4.69, 9.17) is 0 Å². The van der Waals surface area contributed by atoms with Crippen molar-refractivity contribution in [3.05, 3.63) is 29.6 Å². The van der Waals surface area contributed by atoms with E-state index >= 15 is 0 Å². The highest BCUT2D eigenvalue weighted by Crippen LogP contribution is 2.56. The van der Waals surface area contributed by atoms with E-state index in [-0.39, 0.29) is 0 Å². The van der Waals surface area contributed by atoms with Crippen LogP contribution in [0.4, 0.5) is 0 Å². The Hall–Kier alpha value is -0.890. The Bertz CT molecular complexity index is 437. The third kappa shape index (κ3) is 2.39. The predicted octanol–water partition coefficient (Wildman–Crippen LogP) is 3.55. The van der Waals surface area contributed by atoms with Crippen LogP contribution in [0.15, 0.2) is 18.3 Å². The van der Waals surface area contributed by atoms with Gasteiger partial charge in [0.25, 0.3) is 0 Å². The molecule has 0 amide bonds. The van der Waals surface area contributed by atoms with Gasteiger partial charge in [-0.15, -0.1) is 0 Å². The Morgan fingerprint density at radius 2 is 1.75 bits per heavy atom. The maximum atomic E-state index is 4.38. The van der Waals surface area contributed by atoms with Crippen molar-refractivity contribution in [2.45, 2.75) is 45.6 Å². The predicted molar refractivity (Wildman–Crippen MR) is 81.2 cm³/mol. The van der Waals surface area contributed by atoms with Gasteiger partial charge in [0.15, 0.2) is 0 Å². The van der Waals surface area contributed by atoms with Gasteiger partial charge in [0.05, 0.1) is 0 Å². The SMILES string of the molecule is Cc1ccc(CNCC2C3CC4CC(C3)CC2C4)cn1. The maximum Gasteiger partial charge on any atom is 0.0372 e. The van der Waals surface area contributed by atoms with Crippen LogP contribution >= 0.6 is 0 Å². The molecular formula is C18H26N2. The zero-order valence-corrected chi connectivity index (χ0v) is 12.5. The maximum absolute atomic E-state index is 4.38. The van der Waals surface area contributed by atoms with Crippen LogP contribution in [-0.4, -0.2) is 11.5 Å². The number of rotatable bonds is 4. The molecule has 1 N–H and O–H groups in total. The fourth-order valence-electron chi connectivity index (χ4n) is 5.36. The molecule has 4 saturated carbocycles. The first kappa shape index (κ1) is 12.8. The number of hydrogen-bond acceptors (Lipinski definition) is 2. The first-order valence-electron chi connectivity index (χ1n) is 8.40. The van der Waals surface area contributed by atoms with Gasteiger partial charge in [0, 0.05) is 18.4 Å². The molecule has 4 bridgehead atoms. The molecule has 2 heteroatoms. The summed E-state index contributed by atoms with van der Waals surface area (Å²) in [5, 5.41) is 3.71. The lowest BCUT2D eigenvalue weighted by Crippen LogP contribution is -2.48. The molecule has 20 heavy (non-hydrogen) atoms. The highest BCUT2D eigenvalue weighted by Gasteiger charge is 2.47. The zero-order valence-electron chi connectivity index (χ0n) is 12.5. The lowest BCUT2D eigenvalue weighted by atomic mass is 9.52. The summed E-state index contributed by atoms with van der Waals surface area (Å²) in [6.07, 6.45) is 9.70. The normalized spacial score (nSPS) is 38.4. The Kier molecular flexibility index (Phi) is 3.30. The largest absolute Gasteiger partial charge is 0.312 e. The van der Waals surface area contributed by atoms with E-state index in [1.807, 2.05) is 13.1 Å². The average molecular weight is 270 g/mol. The van der Waals surface area contributed by atoms with Crippen LogP contribution in [0.3, 0.4) is 0 Å². The van der Waals surface area contributed by atoms with Crippen LogP contribution in [0.25, 0.3) is 0 Å². The lowest BCUT2D eigenvalue weighted by Gasteiger charge is -2.54. The van der Waals surface area contributed by atoms with E-state index in [1.54, 1.807) is 6.42 Å². The topological polar surface area (TPSA) is 24.9 Å². The third-order valence-corrected chi connectivity index (χ3v) is 6.10. The molecular weight excluding hydrogens is 244 g/mol. The van der Waals surface area contributed by atoms with Gasteiger partial charge >= 0.3 is 0 Å². The minimum absolute atomic E-state index is 0.959. The smallest absolute Gasteiger partial charge is 0.0372 e. The van der Waals surface area contributed by atoms with Crippen molar-refractivity contribution in [1.29, 1.82) is 0 Å². The van der Waals surface area contributed by atoms with Crippen molar-refractivity contribution >= 4 is 0 Å². The van der Waals surface area contributed by atoms with Crippen LogP contribution in [-0.2, 0) is 6.54 Å². The molecule has 5 rings (SSSR count). The zero-order chi connectivity index (χ0) is 13.5. The van der Waals surface area contributed by atoms with E-state index in [9.17, 15) is 0 Å². The molecule has 1 heterocycles.